The Bertz CT molecular complexity index is 1540. The summed E-state index contributed by atoms with van der Waals surface area (Å²) in [4.78, 5) is 15.8. The number of carbonyl (C=O) groups excluding carboxylic acids is 1. The van der Waals surface area contributed by atoms with Crippen molar-refractivity contribution in [3.8, 4) is 11.3 Å². The zero-order valence-electron chi connectivity index (χ0n) is 19.5. The molecule has 0 N–H and O–H groups in total. The Hall–Kier alpha value is -3.82. The van der Waals surface area contributed by atoms with Crippen LogP contribution in [0.3, 0.4) is 0 Å². The highest BCUT2D eigenvalue weighted by molar-refractivity contribution is 6.30. The van der Waals surface area contributed by atoms with E-state index >= 15 is 0 Å². The molecule has 0 aliphatic carbocycles. The van der Waals surface area contributed by atoms with Gasteiger partial charge in [-0.3, -0.25) is 4.79 Å². The van der Waals surface area contributed by atoms with Gasteiger partial charge in [0.1, 0.15) is 0 Å². The average molecular weight is 477 g/mol. The summed E-state index contributed by atoms with van der Waals surface area (Å²) < 4.78 is 2.27. The van der Waals surface area contributed by atoms with E-state index in [9.17, 15) is 4.79 Å². The van der Waals surface area contributed by atoms with Gasteiger partial charge in [0.2, 0.25) is 0 Å². The number of fused-ring (bicyclic) bond motifs is 2. The summed E-state index contributed by atoms with van der Waals surface area (Å²) in [7, 11) is 2.12. The first kappa shape index (κ1) is 21.7. The molecule has 1 aliphatic heterocycles. The predicted molar refractivity (Wildman–Crippen MR) is 143 cm³/mol. The fourth-order valence-electron chi connectivity index (χ4n) is 5.46. The molecule has 1 atom stereocenters. The maximum Gasteiger partial charge on any atom is 0.255 e. The summed E-state index contributed by atoms with van der Waals surface area (Å²) in [6.45, 7) is 0.622. The Labute approximate surface area is 210 Å². The predicted octanol–water partition coefficient (Wildman–Crippen LogP) is 7.29. The van der Waals surface area contributed by atoms with Crippen LogP contribution in [0.4, 0.5) is 0 Å². The van der Waals surface area contributed by atoms with E-state index < -0.39 is 0 Å². The zero-order valence-corrected chi connectivity index (χ0v) is 20.2. The molecule has 0 saturated carbocycles. The number of hydrogen-bond acceptors (Lipinski definition) is 1. The van der Waals surface area contributed by atoms with Crippen LogP contribution >= 0.6 is 11.6 Å². The van der Waals surface area contributed by atoms with E-state index in [1.54, 1.807) is 0 Å². The second-order valence-electron chi connectivity index (χ2n) is 9.07. The quantitative estimate of drug-likeness (QED) is 0.261. The number of rotatable bonds is 5. The Morgan fingerprint density at radius 1 is 0.800 bits per heavy atom. The summed E-state index contributed by atoms with van der Waals surface area (Å²) >= 11 is 6.09. The lowest BCUT2D eigenvalue weighted by atomic mass is 9.93. The highest BCUT2D eigenvalue weighted by atomic mass is 35.5. The zero-order chi connectivity index (χ0) is 23.9. The molecular formula is C31H25ClN2O. The highest BCUT2D eigenvalue weighted by Crippen LogP contribution is 2.46. The van der Waals surface area contributed by atoms with E-state index in [2.05, 4.69) is 66.2 Å². The molecular weight excluding hydrogens is 452 g/mol. The van der Waals surface area contributed by atoms with E-state index in [4.69, 9.17) is 11.6 Å². The average Bonchev–Trinajstić information content (AvgIpc) is 3.35. The first-order valence-electron chi connectivity index (χ1n) is 11.9. The van der Waals surface area contributed by atoms with Crippen LogP contribution in [0.15, 0.2) is 103 Å². The van der Waals surface area contributed by atoms with E-state index in [0.717, 1.165) is 44.9 Å². The molecule has 0 bridgehead atoms. The second-order valence-corrected chi connectivity index (χ2v) is 9.51. The van der Waals surface area contributed by atoms with Crippen molar-refractivity contribution in [2.24, 2.45) is 7.05 Å². The minimum Gasteiger partial charge on any atom is -0.343 e. The number of carbonyl (C=O) groups is 1. The molecule has 1 amide bonds. The number of amides is 1. The Morgan fingerprint density at radius 3 is 2.29 bits per heavy atom. The molecule has 4 heteroatoms. The van der Waals surface area contributed by atoms with Crippen molar-refractivity contribution in [3.05, 3.63) is 130 Å². The normalized spacial score (nSPS) is 15.1. The number of hydrogen-bond donors (Lipinski definition) is 0. The van der Waals surface area contributed by atoms with E-state index in [-0.39, 0.29) is 11.9 Å². The van der Waals surface area contributed by atoms with Crippen LogP contribution in [0, 0.1) is 0 Å². The van der Waals surface area contributed by atoms with Gasteiger partial charge in [0, 0.05) is 40.6 Å². The lowest BCUT2D eigenvalue weighted by Crippen LogP contribution is -2.31. The Morgan fingerprint density at radius 2 is 1.49 bits per heavy atom. The van der Waals surface area contributed by atoms with Crippen LogP contribution in [0.25, 0.3) is 22.2 Å². The topological polar surface area (TPSA) is 25.2 Å². The number of aryl methyl sites for hydroxylation is 1. The Balaban J connectivity index is 1.54. The number of nitrogens with zero attached hydrogens (tertiary/aromatic N) is 2. The van der Waals surface area contributed by atoms with Crippen molar-refractivity contribution >= 4 is 28.4 Å². The van der Waals surface area contributed by atoms with Crippen molar-refractivity contribution < 1.29 is 4.79 Å². The van der Waals surface area contributed by atoms with Crippen LogP contribution in [0.5, 0.6) is 0 Å². The molecule has 35 heavy (non-hydrogen) atoms. The molecule has 0 radical (unpaired) electrons. The second kappa shape index (κ2) is 8.75. The van der Waals surface area contributed by atoms with Gasteiger partial charge in [0.25, 0.3) is 5.91 Å². The summed E-state index contributed by atoms with van der Waals surface area (Å²) in [6, 6.07) is 34.8. The fourth-order valence-corrected chi connectivity index (χ4v) is 5.58. The summed E-state index contributed by atoms with van der Waals surface area (Å²) in [5.41, 5.74) is 7.67. The molecule has 3 nitrogen and oxygen atoms in total. The highest BCUT2D eigenvalue weighted by Gasteiger charge is 2.40. The molecule has 0 fully saturated rings. The van der Waals surface area contributed by atoms with Gasteiger partial charge >= 0.3 is 0 Å². The van der Waals surface area contributed by atoms with Gasteiger partial charge in [-0.1, -0.05) is 90.5 Å². The van der Waals surface area contributed by atoms with Gasteiger partial charge in [0.15, 0.2) is 0 Å². The fraction of sp³-hybridized carbons (Fsp3) is 0.129. The molecule has 0 unspecified atom stereocenters. The van der Waals surface area contributed by atoms with Gasteiger partial charge in [-0.05, 0) is 47.4 Å². The molecule has 2 heterocycles. The lowest BCUT2D eigenvalue weighted by molar-refractivity contribution is 0.0753. The largest absolute Gasteiger partial charge is 0.343 e. The maximum atomic E-state index is 13.7. The smallest absolute Gasteiger partial charge is 0.255 e. The van der Waals surface area contributed by atoms with Crippen LogP contribution < -0.4 is 0 Å². The van der Waals surface area contributed by atoms with E-state index in [1.165, 1.54) is 10.9 Å². The monoisotopic (exact) mass is 476 g/mol. The van der Waals surface area contributed by atoms with Crippen LogP contribution in [-0.4, -0.2) is 21.9 Å². The van der Waals surface area contributed by atoms with Gasteiger partial charge in [-0.15, -0.1) is 0 Å². The third-order valence-corrected chi connectivity index (χ3v) is 7.33. The maximum absolute atomic E-state index is 13.7. The lowest BCUT2D eigenvalue weighted by Gasteiger charge is -2.27. The molecule has 172 valence electrons. The summed E-state index contributed by atoms with van der Waals surface area (Å²) in [5.74, 6) is 0.0894. The first-order chi connectivity index (χ1) is 17.1. The number of para-hydroxylation sites is 1. The van der Waals surface area contributed by atoms with Crippen molar-refractivity contribution in [2.45, 2.75) is 12.5 Å². The minimum atomic E-state index is -0.160. The minimum absolute atomic E-state index is 0.0894. The molecule has 5 aromatic rings. The molecule has 0 saturated heterocycles. The van der Waals surface area contributed by atoms with Gasteiger partial charge in [0.05, 0.1) is 11.7 Å². The van der Waals surface area contributed by atoms with Gasteiger partial charge < -0.3 is 9.47 Å². The third kappa shape index (κ3) is 3.64. The summed E-state index contributed by atoms with van der Waals surface area (Å²) in [6.07, 6.45) is 0.763. The number of aromatic nitrogens is 1. The van der Waals surface area contributed by atoms with Crippen LogP contribution in [-0.2, 0) is 13.5 Å². The molecule has 6 rings (SSSR count). The number of halogens is 1. The third-order valence-electron chi connectivity index (χ3n) is 7.08. The molecule has 0 spiro atoms. The van der Waals surface area contributed by atoms with Gasteiger partial charge in [-0.2, -0.15) is 0 Å². The number of benzene rings is 4. The molecule has 1 aromatic heterocycles. The standard InChI is InChI=1S/C31H25ClN2O/c1-33-27-14-8-7-13-26(27)28(29(33)22-9-3-2-4-10-22)30-24-11-5-6-12-25(24)31(35)34(30)20-19-21-15-17-23(32)18-16-21/h2-18,30H,19-20H2,1H3/t30-/m0/s1. The Kier molecular flexibility index (Phi) is 5.43. The van der Waals surface area contributed by atoms with Crippen molar-refractivity contribution in [2.75, 3.05) is 6.54 Å². The van der Waals surface area contributed by atoms with E-state index in [0.29, 0.717) is 6.54 Å². The van der Waals surface area contributed by atoms with Crippen molar-refractivity contribution in [3.63, 3.8) is 0 Å². The van der Waals surface area contributed by atoms with Crippen molar-refractivity contribution in [1.82, 2.24) is 9.47 Å². The molecule has 1 aliphatic rings. The molecule has 4 aromatic carbocycles. The first-order valence-corrected chi connectivity index (χ1v) is 12.3. The van der Waals surface area contributed by atoms with Crippen LogP contribution in [0.2, 0.25) is 5.02 Å². The van der Waals surface area contributed by atoms with Gasteiger partial charge in [-0.25, -0.2) is 0 Å². The van der Waals surface area contributed by atoms with Crippen LogP contribution in [0.1, 0.15) is 33.1 Å². The van der Waals surface area contributed by atoms with E-state index in [1.807, 2.05) is 53.4 Å². The van der Waals surface area contributed by atoms with Crippen molar-refractivity contribution in [1.29, 1.82) is 0 Å². The SMILES string of the molecule is Cn1c(-c2ccccc2)c([C@@H]2c3ccccc3C(=O)N2CCc2ccc(Cl)cc2)c2ccccc21. The summed E-state index contributed by atoms with van der Waals surface area (Å²) in [5, 5.41) is 1.90.